The fourth-order valence-corrected chi connectivity index (χ4v) is 3.30. The Labute approximate surface area is 169 Å². The molecule has 150 valence electrons. The van der Waals surface area contributed by atoms with Gasteiger partial charge in [0.05, 0.1) is 23.8 Å². The zero-order valence-corrected chi connectivity index (χ0v) is 16.8. The predicted octanol–water partition coefficient (Wildman–Crippen LogP) is 5.01. The van der Waals surface area contributed by atoms with E-state index >= 15 is 4.39 Å². The van der Waals surface area contributed by atoms with Gasteiger partial charge in [-0.2, -0.15) is 0 Å². The Morgan fingerprint density at radius 1 is 1.07 bits per heavy atom. The van der Waals surface area contributed by atoms with Crippen molar-refractivity contribution >= 4 is 5.82 Å². The largest absolute Gasteiger partial charge is 0.436 e. The van der Waals surface area contributed by atoms with Crippen LogP contribution in [0, 0.1) is 5.82 Å². The average molecular weight is 393 g/mol. The van der Waals surface area contributed by atoms with E-state index in [0.717, 1.165) is 30.5 Å². The maximum atomic E-state index is 15.6. The van der Waals surface area contributed by atoms with E-state index in [2.05, 4.69) is 40.7 Å². The summed E-state index contributed by atoms with van der Waals surface area (Å²) in [6.07, 6.45) is 7.50. The van der Waals surface area contributed by atoms with Crippen molar-refractivity contribution in [3.8, 4) is 22.9 Å². The number of anilines is 1. The number of aromatic nitrogens is 4. The van der Waals surface area contributed by atoms with Crippen LogP contribution in [0.25, 0.3) is 11.3 Å². The van der Waals surface area contributed by atoms with Gasteiger partial charge in [-0.05, 0) is 24.8 Å². The molecule has 3 aromatic rings. The lowest BCUT2D eigenvalue weighted by molar-refractivity contribution is 0.377. The number of hydrogen-bond donors (Lipinski definition) is 1. The monoisotopic (exact) mass is 393 g/mol. The lowest BCUT2D eigenvalue weighted by Gasteiger charge is -2.28. The number of benzene rings is 1. The minimum atomic E-state index is -0.468. The molecule has 29 heavy (non-hydrogen) atoms. The number of halogens is 1. The van der Waals surface area contributed by atoms with Gasteiger partial charge in [0.15, 0.2) is 11.6 Å². The number of nitrogens with zero attached hydrogens (tertiary/aromatic N) is 4. The minimum absolute atomic E-state index is 0.169. The van der Waals surface area contributed by atoms with Gasteiger partial charge in [0.25, 0.3) is 0 Å². The highest BCUT2D eigenvalue weighted by molar-refractivity contribution is 5.64. The molecule has 0 aliphatic heterocycles. The van der Waals surface area contributed by atoms with Crippen LogP contribution in [0.4, 0.5) is 10.2 Å². The Kier molecular flexibility index (Phi) is 4.90. The molecule has 0 atom stereocenters. The average Bonchev–Trinajstić information content (AvgIpc) is 2.64. The van der Waals surface area contributed by atoms with Gasteiger partial charge in [0, 0.05) is 22.6 Å². The third-order valence-electron chi connectivity index (χ3n) is 5.24. The number of nitrogens with two attached hydrogens (primary N) is 1. The SMILES string of the molecule is CC(C)(C)c1cc(Oc2c(C3CCC3)ccc(-c3cnc(N)cn3)c2F)ncn1. The van der Waals surface area contributed by atoms with Crippen LogP contribution in [-0.2, 0) is 5.41 Å². The summed E-state index contributed by atoms with van der Waals surface area (Å²) < 4.78 is 21.6. The molecule has 1 fully saturated rings. The zero-order valence-electron chi connectivity index (χ0n) is 16.8. The second kappa shape index (κ2) is 7.39. The molecule has 0 spiro atoms. The van der Waals surface area contributed by atoms with Crippen LogP contribution in [0.3, 0.4) is 0 Å². The third kappa shape index (κ3) is 3.90. The van der Waals surface area contributed by atoms with Crippen molar-refractivity contribution in [3.05, 3.63) is 54.0 Å². The van der Waals surface area contributed by atoms with Crippen molar-refractivity contribution in [2.45, 2.75) is 51.4 Å². The summed E-state index contributed by atoms with van der Waals surface area (Å²) in [5, 5.41) is 0. The van der Waals surface area contributed by atoms with Crippen LogP contribution in [0.5, 0.6) is 11.6 Å². The molecule has 0 saturated heterocycles. The predicted molar refractivity (Wildman–Crippen MR) is 109 cm³/mol. The van der Waals surface area contributed by atoms with Gasteiger partial charge < -0.3 is 10.5 Å². The van der Waals surface area contributed by atoms with E-state index in [4.69, 9.17) is 10.5 Å². The Balaban J connectivity index is 1.78. The van der Waals surface area contributed by atoms with Gasteiger partial charge in [0.2, 0.25) is 5.88 Å². The smallest absolute Gasteiger partial charge is 0.222 e. The summed E-state index contributed by atoms with van der Waals surface area (Å²) in [5.74, 6) is 0.626. The first kappa shape index (κ1) is 19.2. The van der Waals surface area contributed by atoms with Crippen molar-refractivity contribution < 1.29 is 9.13 Å². The molecule has 0 unspecified atom stereocenters. The number of nitrogen functional groups attached to an aromatic ring is 1. The number of ether oxygens (including phenoxy) is 1. The highest BCUT2D eigenvalue weighted by Crippen LogP contribution is 2.45. The van der Waals surface area contributed by atoms with E-state index in [-0.39, 0.29) is 22.9 Å². The van der Waals surface area contributed by atoms with Gasteiger partial charge in [-0.3, -0.25) is 4.98 Å². The van der Waals surface area contributed by atoms with E-state index in [1.54, 1.807) is 12.1 Å². The van der Waals surface area contributed by atoms with Crippen molar-refractivity contribution in [2.24, 2.45) is 0 Å². The van der Waals surface area contributed by atoms with Gasteiger partial charge in [-0.1, -0.05) is 33.3 Å². The Morgan fingerprint density at radius 3 is 2.48 bits per heavy atom. The lowest BCUT2D eigenvalue weighted by Crippen LogP contribution is -2.14. The second-order valence-electron chi connectivity index (χ2n) is 8.39. The Bertz CT molecular complexity index is 1030. The van der Waals surface area contributed by atoms with Crippen LogP contribution < -0.4 is 10.5 Å². The van der Waals surface area contributed by atoms with Crippen LogP contribution in [0.1, 0.15) is 57.2 Å². The molecule has 6 nitrogen and oxygen atoms in total. The molecule has 4 rings (SSSR count). The van der Waals surface area contributed by atoms with Crippen molar-refractivity contribution in [3.63, 3.8) is 0 Å². The van der Waals surface area contributed by atoms with E-state index in [1.807, 2.05) is 6.07 Å². The summed E-state index contributed by atoms with van der Waals surface area (Å²) in [6.45, 7) is 6.17. The Morgan fingerprint density at radius 2 is 1.86 bits per heavy atom. The van der Waals surface area contributed by atoms with Crippen LogP contribution in [0.2, 0.25) is 0 Å². The fraction of sp³-hybridized carbons (Fsp3) is 0.364. The molecule has 2 N–H and O–H groups in total. The minimum Gasteiger partial charge on any atom is -0.436 e. The molecule has 0 radical (unpaired) electrons. The number of hydrogen-bond acceptors (Lipinski definition) is 6. The summed E-state index contributed by atoms with van der Waals surface area (Å²) >= 11 is 0. The van der Waals surface area contributed by atoms with E-state index < -0.39 is 5.82 Å². The molecule has 0 bridgehead atoms. The summed E-state index contributed by atoms with van der Waals surface area (Å²) in [5.41, 5.74) is 7.85. The van der Waals surface area contributed by atoms with Crippen molar-refractivity contribution in [2.75, 3.05) is 5.73 Å². The van der Waals surface area contributed by atoms with Gasteiger partial charge in [0.1, 0.15) is 12.1 Å². The van der Waals surface area contributed by atoms with Crippen LogP contribution >= 0.6 is 0 Å². The topological polar surface area (TPSA) is 86.8 Å². The molecule has 1 aromatic carbocycles. The fourth-order valence-electron chi connectivity index (χ4n) is 3.30. The summed E-state index contributed by atoms with van der Waals surface area (Å²) in [4.78, 5) is 16.7. The zero-order chi connectivity index (χ0) is 20.6. The molecular weight excluding hydrogens is 369 g/mol. The van der Waals surface area contributed by atoms with Gasteiger partial charge >= 0.3 is 0 Å². The third-order valence-corrected chi connectivity index (χ3v) is 5.24. The first-order valence-electron chi connectivity index (χ1n) is 9.73. The maximum Gasteiger partial charge on any atom is 0.222 e. The van der Waals surface area contributed by atoms with Gasteiger partial charge in [-0.25, -0.2) is 19.3 Å². The summed E-state index contributed by atoms with van der Waals surface area (Å²) in [7, 11) is 0. The first-order chi connectivity index (χ1) is 13.8. The first-order valence-corrected chi connectivity index (χ1v) is 9.73. The summed E-state index contributed by atoms with van der Waals surface area (Å²) in [6, 6.07) is 5.41. The molecule has 1 aliphatic carbocycles. The maximum absolute atomic E-state index is 15.6. The quantitative estimate of drug-likeness (QED) is 0.670. The molecule has 7 heteroatoms. The highest BCUT2D eigenvalue weighted by Gasteiger charge is 2.28. The molecule has 2 aromatic heterocycles. The normalized spacial score (nSPS) is 14.5. The van der Waals surface area contributed by atoms with Gasteiger partial charge in [-0.15, -0.1) is 0 Å². The lowest BCUT2D eigenvalue weighted by atomic mass is 9.79. The molecular formula is C22H24FN5O. The van der Waals surface area contributed by atoms with E-state index in [0.29, 0.717) is 17.1 Å². The standard InChI is InChI=1S/C22H24FN5O/c1-22(2,3)17-9-19(28-12-27-17)29-21-14(13-5-4-6-13)7-8-15(20(21)23)16-10-26-18(24)11-25-16/h7-13H,4-6H2,1-3H3,(H2,24,26). The molecule has 1 aliphatic rings. The molecule has 2 heterocycles. The Hall–Kier alpha value is -3.09. The molecule has 1 saturated carbocycles. The van der Waals surface area contributed by atoms with Crippen LogP contribution in [-0.4, -0.2) is 19.9 Å². The van der Waals surface area contributed by atoms with Crippen molar-refractivity contribution in [1.82, 2.24) is 19.9 Å². The van der Waals surface area contributed by atoms with E-state index in [1.165, 1.54) is 18.7 Å². The number of rotatable bonds is 4. The molecule has 0 amide bonds. The van der Waals surface area contributed by atoms with Crippen molar-refractivity contribution in [1.29, 1.82) is 0 Å². The van der Waals surface area contributed by atoms with Crippen LogP contribution in [0.15, 0.2) is 36.9 Å². The van der Waals surface area contributed by atoms with E-state index in [9.17, 15) is 0 Å². The second-order valence-corrected chi connectivity index (χ2v) is 8.39. The highest BCUT2D eigenvalue weighted by atomic mass is 19.1.